The van der Waals surface area contributed by atoms with Crippen molar-refractivity contribution in [3.8, 4) is 5.75 Å². The highest BCUT2D eigenvalue weighted by Crippen LogP contribution is 2.49. The lowest BCUT2D eigenvalue weighted by atomic mass is 9.93. The van der Waals surface area contributed by atoms with E-state index in [9.17, 15) is 4.79 Å². The summed E-state index contributed by atoms with van der Waals surface area (Å²) in [6.45, 7) is 2.02. The van der Waals surface area contributed by atoms with Crippen LogP contribution in [0.15, 0.2) is 60.7 Å². The Morgan fingerprint density at radius 1 is 1.10 bits per heavy atom. The van der Waals surface area contributed by atoms with Gasteiger partial charge in [0.15, 0.2) is 6.10 Å². The normalized spacial score (nSPS) is 24.1. The van der Waals surface area contributed by atoms with Gasteiger partial charge in [0.1, 0.15) is 11.4 Å². The van der Waals surface area contributed by atoms with E-state index in [2.05, 4.69) is 0 Å². The molecule has 1 saturated heterocycles. The Kier molecular flexibility index (Phi) is 3.28. The molecule has 1 fully saturated rings. The molecule has 102 valence electrons. The van der Waals surface area contributed by atoms with E-state index in [1.807, 2.05) is 55.5 Å². The second-order valence-electron chi connectivity index (χ2n) is 4.84. The first-order valence-electron chi connectivity index (χ1n) is 6.76. The number of para-hydroxylation sites is 1. The fourth-order valence-electron chi connectivity index (χ4n) is 2.49. The second kappa shape index (κ2) is 5.10. The van der Waals surface area contributed by atoms with Gasteiger partial charge in [-0.25, -0.2) is 4.79 Å². The predicted octanol–water partition coefficient (Wildman–Crippen LogP) is 3.30. The smallest absolute Gasteiger partial charge is 0.344 e. The molecule has 2 aromatic rings. The zero-order chi connectivity index (χ0) is 14.0. The van der Waals surface area contributed by atoms with E-state index in [-0.39, 0.29) is 5.97 Å². The van der Waals surface area contributed by atoms with Gasteiger partial charge in [0.2, 0.25) is 0 Å². The molecule has 0 amide bonds. The minimum absolute atomic E-state index is 0.332. The number of hydrogen-bond donors (Lipinski definition) is 0. The maximum atomic E-state index is 12.2. The molecule has 2 atom stereocenters. The number of carbonyl (C=O) groups excluding carboxylic acids is 1. The Labute approximate surface area is 118 Å². The molecule has 0 N–H and O–H groups in total. The Morgan fingerprint density at radius 2 is 1.70 bits per heavy atom. The minimum atomic E-state index is -0.521. The van der Waals surface area contributed by atoms with Crippen molar-refractivity contribution < 1.29 is 14.3 Å². The lowest BCUT2D eigenvalue weighted by molar-refractivity contribution is -0.135. The summed E-state index contributed by atoms with van der Waals surface area (Å²) in [7, 11) is 0. The Morgan fingerprint density at radius 3 is 2.30 bits per heavy atom. The van der Waals surface area contributed by atoms with E-state index in [0.717, 1.165) is 12.0 Å². The quantitative estimate of drug-likeness (QED) is 0.485. The van der Waals surface area contributed by atoms with Crippen molar-refractivity contribution in [3.63, 3.8) is 0 Å². The number of esters is 1. The fraction of sp³-hybridized carbons (Fsp3) is 0.235. The summed E-state index contributed by atoms with van der Waals surface area (Å²) in [6, 6.07) is 18.9. The standard InChI is InChI=1S/C17H16O3/c1-2-17(13-9-5-3-6-10-13)15(20-17)16(18)19-14-11-7-4-8-12-14/h3-12,15H,2H2,1H3. The van der Waals surface area contributed by atoms with Crippen molar-refractivity contribution >= 4 is 5.97 Å². The molecule has 20 heavy (non-hydrogen) atoms. The van der Waals surface area contributed by atoms with Gasteiger partial charge in [-0.05, 0) is 24.1 Å². The summed E-state index contributed by atoms with van der Waals surface area (Å²) < 4.78 is 11.1. The summed E-state index contributed by atoms with van der Waals surface area (Å²) in [4.78, 5) is 12.2. The number of epoxide rings is 1. The van der Waals surface area contributed by atoms with Crippen LogP contribution in [0.4, 0.5) is 0 Å². The van der Waals surface area contributed by atoms with Crippen LogP contribution in [0.25, 0.3) is 0 Å². The molecule has 2 unspecified atom stereocenters. The van der Waals surface area contributed by atoms with Crippen LogP contribution in [0.3, 0.4) is 0 Å². The van der Waals surface area contributed by atoms with E-state index in [1.165, 1.54) is 0 Å². The van der Waals surface area contributed by atoms with E-state index >= 15 is 0 Å². The van der Waals surface area contributed by atoms with Crippen molar-refractivity contribution in [1.29, 1.82) is 0 Å². The molecule has 0 spiro atoms. The highest BCUT2D eigenvalue weighted by atomic mass is 16.7. The van der Waals surface area contributed by atoms with E-state index in [0.29, 0.717) is 5.75 Å². The van der Waals surface area contributed by atoms with Crippen LogP contribution < -0.4 is 4.74 Å². The van der Waals surface area contributed by atoms with Crippen molar-refractivity contribution in [2.75, 3.05) is 0 Å². The zero-order valence-electron chi connectivity index (χ0n) is 11.3. The van der Waals surface area contributed by atoms with Gasteiger partial charge in [-0.1, -0.05) is 55.5 Å². The molecule has 0 radical (unpaired) electrons. The highest BCUT2D eigenvalue weighted by molar-refractivity contribution is 5.82. The molecule has 0 bridgehead atoms. The van der Waals surface area contributed by atoms with Crippen LogP contribution in [0, 0.1) is 0 Å². The summed E-state index contributed by atoms with van der Waals surface area (Å²) in [6.07, 6.45) is 0.223. The van der Waals surface area contributed by atoms with Crippen molar-refractivity contribution in [2.24, 2.45) is 0 Å². The summed E-state index contributed by atoms with van der Waals surface area (Å²) in [5.74, 6) is 0.216. The number of benzene rings is 2. The molecular weight excluding hydrogens is 252 g/mol. The Balaban J connectivity index is 1.75. The maximum Gasteiger partial charge on any atom is 0.344 e. The topological polar surface area (TPSA) is 38.8 Å². The van der Waals surface area contributed by atoms with Crippen molar-refractivity contribution in [1.82, 2.24) is 0 Å². The molecule has 3 nitrogen and oxygen atoms in total. The number of carbonyl (C=O) groups is 1. The second-order valence-corrected chi connectivity index (χ2v) is 4.84. The average molecular weight is 268 g/mol. The molecule has 1 heterocycles. The zero-order valence-corrected chi connectivity index (χ0v) is 11.3. The van der Waals surface area contributed by atoms with Gasteiger partial charge in [-0.2, -0.15) is 0 Å². The van der Waals surface area contributed by atoms with E-state index in [4.69, 9.17) is 9.47 Å². The Hall–Kier alpha value is -2.13. The minimum Gasteiger partial charge on any atom is -0.425 e. The van der Waals surface area contributed by atoms with Crippen LogP contribution in [0.1, 0.15) is 18.9 Å². The van der Waals surface area contributed by atoms with Gasteiger partial charge in [0, 0.05) is 0 Å². The van der Waals surface area contributed by atoms with Crippen LogP contribution in [0.2, 0.25) is 0 Å². The van der Waals surface area contributed by atoms with Gasteiger partial charge in [0.05, 0.1) is 0 Å². The molecule has 0 saturated carbocycles. The lowest BCUT2D eigenvalue weighted by Crippen LogP contribution is -2.22. The van der Waals surface area contributed by atoms with Gasteiger partial charge < -0.3 is 9.47 Å². The van der Waals surface area contributed by atoms with Gasteiger partial charge in [0.25, 0.3) is 0 Å². The van der Waals surface area contributed by atoms with Crippen LogP contribution in [-0.4, -0.2) is 12.1 Å². The third-order valence-electron chi connectivity index (χ3n) is 3.66. The first kappa shape index (κ1) is 12.9. The molecule has 3 rings (SSSR count). The van der Waals surface area contributed by atoms with Crippen LogP contribution >= 0.6 is 0 Å². The number of ether oxygens (including phenoxy) is 2. The molecule has 1 aliphatic rings. The lowest BCUT2D eigenvalue weighted by Gasteiger charge is -2.10. The van der Waals surface area contributed by atoms with Crippen LogP contribution in [0.5, 0.6) is 5.75 Å². The molecule has 2 aromatic carbocycles. The summed E-state index contributed by atoms with van der Waals surface area (Å²) in [5.41, 5.74) is 0.505. The largest absolute Gasteiger partial charge is 0.425 e. The molecule has 1 aliphatic heterocycles. The molecule has 0 aliphatic carbocycles. The van der Waals surface area contributed by atoms with Gasteiger partial charge in [-0.3, -0.25) is 0 Å². The SMILES string of the molecule is CCC1(c2ccccc2)OC1C(=O)Oc1ccccc1. The third kappa shape index (κ3) is 2.21. The summed E-state index contributed by atoms with van der Waals surface area (Å²) >= 11 is 0. The number of rotatable bonds is 4. The monoisotopic (exact) mass is 268 g/mol. The maximum absolute atomic E-state index is 12.2. The molecule has 3 heteroatoms. The van der Waals surface area contributed by atoms with Gasteiger partial charge in [-0.15, -0.1) is 0 Å². The van der Waals surface area contributed by atoms with Gasteiger partial charge >= 0.3 is 5.97 Å². The molecule has 0 aromatic heterocycles. The Bertz CT molecular complexity index is 594. The van der Waals surface area contributed by atoms with E-state index in [1.54, 1.807) is 12.1 Å². The third-order valence-corrected chi connectivity index (χ3v) is 3.66. The van der Waals surface area contributed by atoms with Crippen LogP contribution in [-0.2, 0) is 15.1 Å². The predicted molar refractivity (Wildman–Crippen MR) is 75.4 cm³/mol. The summed E-state index contributed by atoms with van der Waals surface area (Å²) in [5, 5.41) is 0. The van der Waals surface area contributed by atoms with Crippen molar-refractivity contribution in [3.05, 3.63) is 66.2 Å². The number of hydrogen-bond acceptors (Lipinski definition) is 3. The van der Waals surface area contributed by atoms with E-state index < -0.39 is 11.7 Å². The van der Waals surface area contributed by atoms with Crippen molar-refractivity contribution in [2.45, 2.75) is 25.0 Å². The average Bonchev–Trinajstić information content (AvgIpc) is 3.25. The highest BCUT2D eigenvalue weighted by Gasteiger charge is 2.61. The fourth-order valence-corrected chi connectivity index (χ4v) is 2.49. The first-order valence-corrected chi connectivity index (χ1v) is 6.76. The first-order chi connectivity index (χ1) is 9.76. The molecular formula is C17H16O3.